The normalized spacial score (nSPS) is 11.0. The van der Waals surface area contributed by atoms with Gasteiger partial charge in [-0.25, -0.2) is 0 Å². The van der Waals surface area contributed by atoms with Crippen LogP contribution in [-0.4, -0.2) is 23.7 Å². The average Bonchev–Trinajstić information content (AvgIpc) is 2.05. The standard InChI is InChI=1S/C5H11NO2.C4H10O.K/c1-3(2)4(6)5(7)8;1-2-3-4-5;/h3-4H,6H2,1-2H3,(H,7,8);5H,2-4H2,1H3;/q;;+1/p-1. The first-order valence-electron chi connectivity index (χ1n) is 4.54. The molecule has 5 heteroatoms. The van der Waals surface area contributed by atoms with Crippen LogP contribution in [0.2, 0.25) is 0 Å². The SMILES string of the molecule is CC(C)C(N)C(=O)[O-].CCCCO.[K+]. The van der Waals surface area contributed by atoms with Crippen molar-refractivity contribution in [1.29, 1.82) is 0 Å². The molecule has 0 saturated heterocycles. The smallest absolute Gasteiger partial charge is 0.548 e. The molecule has 0 fully saturated rings. The Morgan fingerprint density at radius 3 is 1.93 bits per heavy atom. The zero-order valence-electron chi connectivity index (χ0n) is 9.62. The molecule has 0 heterocycles. The van der Waals surface area contributed by atoms with Gasteiger partial charge in [0, 0.05) is 12.6 Å². The summed E-state index contributed by atoms with van der Waals surface area (Å²) in [7, 11) is 0. The summed E-state index contributed by atoms with van der Waals surface area (Å²) in [6, 6.07) is -0.824. The number of carbonyl (C=O) groups excluding carboxylic acids is 1. The molecular weight excluding hydrogens is 209 g/mol. The number of hydrogen-bond acceptors (Lipinski definition) is 4. The molecule has 0 bridgehead atoms. The van der Waals surface area contributed by atoms with E-state index < -0.39 is 12.0 Å². The van der Waals surface area contributed by atoms with Crippen molar-refractivity contribution in [3.63, 3.8) is 0 Å². The van der Waals surface area contributed by atoms with Gasteiger partial charge < -0.3 is 20.7 Å². The van der Waals surface area contributed by atoms with Crippen LogP contribution < -0.4 is 62.2 Å². The van der Waals surface area contributed by atoms with Gasteiger partial charge in [-0.2, -0.15) is 0 Å². The molecule has 4 nitrogen and oxygen atoms in total. The van der Waals surface area contributed by atoms with Crippen molar-refractivity contribution >= 4 is 5.97 Å². The van der Waals surface area contributed by atoms with Gasteiger partial charge in [0.15, 0.2) is 0 Å². The first-order valence-corrected chi connectivity index (χ1v) is 4.54. The van der Waals surface area contributed by atoms with Crippen LogP contribution in [0, 0.1) is 5.92 Å². The number of aliphatic hydroxyl groups excluding tert-OH is 1. The molecule has 1 unspecified atom stereocenters. The molecule has 14 heavy (non-hydrogen) atoms. The maximum absolute atomic E-state index is 9.90. The molecule has 0 aromatic rings. The summed E-state index contributed by atoms with van der Waals surface area (Å²) in [6.07, 6.45) is 2.04. The van der Waals surface area contributed by atoms with Crippen LogP contribution in [-0.2, 0) is 4.79 Å². The number of unbranched alkanes of at least 4 members (excludes halogenated alkanes) is 1. The summed E-state index contributed by atoms with van der Waals surface area (Å²) in [5.74, 6) is -1.22. The van der Waals surface area contributed by atoms with E-state index in [1.54, 1.807) is 13.8 Å². The Morgan fingerprint density at radius 2 is 1.93 bits per heavy atom. The quantitative estimate of drug-likeness (QED) is 0.490. The fourth-order valence-electron chi connectivity index (χ4n) is 0.430. The second-order valence-electron chi connectivity index (χ2n) is 3.17. The number of aliphatic hydroxyl groups is 1. The summed E-state index contributed by atoms with van der Waals surface area (Å²) in [4.78, 5) is 9.90. The van der Waals surface area contributed by atoms with Crippen molar-refractivity contribution in [2.45, 2.75) is 39.7 Å². The Labute approximate surface area is 129 Å². The number of hydrogen-bond donors (Lipinski definition) is 2. The molecule has 1 atom stereocenters. The van der Waals surface area contributed by atoms with E-state index >= 15 is 0 Å². The molecule has 0 rings (SSSR count). The van der Waals surface area contributed by atoms with E-state index in [4.69, 9.17) is 10.8 Å². The second kappa shape index (κ2) is 14.0. The minimum absolute atomic E-state index is 0. The van der Waals surface area contributed by atoms with Gasteiger partial charge in [0.25, 0.3) is 0 Å². The van der Waals surface area contributed by atoms with Crippen molar-refractivity contribution < 1.29 is 66.4 Å². The van der Waals surface area contributed by atoms with Gasteiger partial charge in [0.2, 0.25) is 0 Å². The minimum Gasteiger partial charge on any atom is -0.548 e. The van der Waals surface area contributed by atoms with Crippen LogP contribution >= 0.6 is 0 Å². The topological polar surface area (TPSA) is 86.4 Å². The summed E-state index contributed by atoms with van der Waals surface area (Å²) in [6.45, 7) is 5.87. The van der Waals surface area contributed by atoms with E-state index in [9.17, 15) is 9.90 Å². The molecule has 0 aliphatic rings. The Kier molecular flexibility index (Phi) is 20.5. The zero-order valence-corrected chi connectivity index (χ0v) is 12.7. The van der Waals surface area contributed by atoms with Gasteiger partial charge in [0.05, 0.1) is 5.97 Å². The third kappa shape index (κ3) is 15.5. The molecule has 80 valence electrons. The molecule has 3 N–H and O–H groups in total. The molecule has 0 aromatic heterocycles. The van der Waals surface area contributed by atoms with Gasteiger partial charge >= 0.3 is 51.4 Å². The number of aliphatic carboxylic acids is 1. The van der Waals surface area contributed by atoms with Gasteiger partial charge in [0.1, 0.15) is 0 Å². The number of nitrogens with two attached hydrogens (primary N) is 1. The van der Waals surface area contributed by atoms with Crippen molar-refractivity contribution in [2.75, 3.05) is 6.61 Å². The average molecular weight is 229 g/mol. The number of rotatable bonds is 4. The third-order valence-electron chi connectivity index (χ3n) is 1.50. The predicted octanol–water partition coefficient (Wildman–Crippen LogP) is -3.50. The van der Waals surface area contributed by atoms with Crippen molar-refractivity contribution in [2.24, 2.45) is 11.7 Å². The van der Waals surface area contributed by atoms with Crippen LogP contribution in [0.5, 0.6) is 0 Å². The minimum atomic E-state index is -1.18. The van der Waals surface area contributed by atoms with Crippen molar-refractivity contribution in [3.8, 4) is 0 Å². The fourth-order valence-corrected chi connectivity index (χ4v) is 0.430. The second-order valence-corrected chi connectivity index (χ2v) is 3.17. The van der Waals surface area contributed by atoms with Crippen LogP contribution in [0.4, 0.5) is 0 Å². The van der Waals surface area contributed by atoms with Crippen LogP contribution in [0.25, 0.3) is 0 Å². The van der Waals surface area contributed by atoms with E-state index in [0.29, 0.717) is 6.61 Å². The Morgan fingerprint density at radius 1 is 1.50 bits per heavy atom. The van der Waals surface area contributed by atoms with Gasteiger partial charge in [-0.15, -0.1) is 0 Å². The maximum Gasteiger partial charge on any atom is 1.00 e. The Bertz CT molecular complexity index is 129. The summed E-state index contributed by atoms with van der Waals surface area (Å²) in [5.41, 5.74) is 5.10. The Balaban J connectivity index is -0.000000177. The summed E-state index contributed by atoms with van der Waals surface area (Å²) < 4.78 is 0. The summed E-state index contributed by atoms with van der Waals surface area (Å²) in [5, 5.41) is 18.0. The fraction of sp³-hybridized carbons (Fsp3) is 0.889. The predicted molar refractivity (Wildman–Crippen MR) is 49.8 cm³/mol. The molecule has 0 aromatic carbocycles. The van der Waals surface area contributed by atoms with Crippen LogP contribution in [0.15, 0.2) is 0 Å². The summed E-state index contributed by atoms with van der Waals surface area (Å²) >= 11 is 0. The monoisotopic (exact) mass is 229 g/mol. The number of carboxylic acids is 1. The molecule has 0 aliphatic heterocycles. The van der Waals surface area contributed by atoms with E-state index in [0.717, 1.165) is 12.8 Å². The third-order valence-corrected chi connectivity index (χ3v) is 1.50. The van der Waals surface area contributed by atoms with Crippen LogP contribution in [0.3, 0.4) is 0 Å². The molecule has 0 spiro atoms. The number of carbonyl (C=O) groups is 1. The largest absolute Gasteiger partial charge is 1.00 e. The zero-order chi connectivity index (χ0) is 10.9. The maximum atomic E-state index is 9.90. The van der Waals surface area contributed by atoms with Gasteiger partial charge in [-0.1, -0.05) is 27.2 Å². The van der Waals surface area contributed by atoms with Crippen molar-refractivity contribution in [1.82, 2.24) is 0 Å². The molecule has 0 radical (unpaired) electrons. The van der Waals surface area contributed by atoms with E-state index in [1.165, 1.54) is 0 Å². The molecule has 0 saturated carbocycles. The molecular formula is C9H20KNO3. The Hall–Kier alpha value is 1.03. The first kappa shape index (κ1) is 20.4. The number of carboxylic acid groups (broad SMARTS) is 1. The van der Waals surface area contributed by atoms with Crippen molar-refractivity contribution in [3.05, 3.63) is 0 Å². The first-order chi connectivity index (χ1) is 5.97. The van der Waals surface area contributed by atoms with E-state index in [-0.39, 0.29) is 57.3 Å². The molecule has 0 aliphatic carbocycles. The van der Waals surface area contributed by atoms with Crippen LogP contribution in [0.1, 0.15) is 33.6 Å². The molecule has 0 amide bonds. The van der Waals surface area contributed by atoms with Gasteiger partial charge in [-0.3, -0.25) is 0 Å². The van der Waals surface area contributed by atoms with Gasteiger partial charge in [-0.05, 0) is 12.3 Å². The van der Waals surface area contributed by atoms with E-state index in [2.05, 4.69) is 6.92 Å². The van der Waals surface area contributed by atoms with E-state index in [1.807, 2.05) is 0 Å².